The zero-order valence-electron chi connectivity index (χ0n) is 11.7. The van der Waals surface area contributed by atoms with Crippen molar-refractivity contribution in [2.75, 3.05) is 39.8 Å². The van der Waals surface area contributed by atoms with E-state index in [0.29, 0.717) is 0 Å². The lowest BCUT2D eigenvalue weighted by Crippen LogP contribution is -2.60. The normalized spacial score (nSPS) is 30.6. The molecule has 2 rings (SSSR count). The lowest BCUT2D eigenvalue weighted by Gasteiger charge is -2.36. The number of likely N-dealkylation sites (N-methyl/N-ethyl adjacent to an activating group) is 1. The summed E-state index contributed by atoms with van der Waals surface area (Å²) in [7, 11) is 2.12. The predicted molar refractivity (Wildman–Crippen MR) is 72.1 cm³/mol. The number of amides is 1. The van der Waals surface area contributed by atoms with Crippen molar-refractivity contribution >= 4 is 5.91 Å². The van der Waals surface area contributed by atoms with Crippen molar-refractivity contribution in [3.8, 4) is 0 Å². The van der Waals surface area contributed by atoms with Gasteiger partial charge in [-0.15, -0.1) is 0 Å². The average molecular weight is 254 g/mol. The molecule has 5 heteroatoms. The van der Waals surface area contributed by atoms with E-state index in [2.05, 4.69) is 34.6 Å². The number of rotatable bonds is 4. The van der Waals surface area contributed by atoms with Crippen molar-refractivity contribution in [3.63, 3.8) is 0 Å². The molecule has 0 radical (unpaired) electrons. The minimum absolute atomic E-state index is 0.173. The summed E-state index contributed by atoms with van der Waals surface area (Å²) < 4.78 is 0. The highest BCUT2D eigenvalue weighted by Gasteiger charge is 2.40. The highest BCUT2D eigenvalue weighted by atomic mass is 16.2. The van der Waals surface area contributed by atoms with E-state index in [4.69, 9.17) is 0 Å². The minimum atomic E-state index is -0.307. The molecule has 2 N–H and O–H groups in total. The first-order chi connectivity index (χ1) is 8.66. The van der Waals surface area contributed by atoms with Gasteiger partial charge in [-0.2, -0.15) is 0 Å². The first-order valence-electron chi connectivity index (χ1n) is 7.16. The highest BCUT2D eigenvalue weighted by molar-refractivity contribution is 5.86. The second-order valence-electron chi connectivity index (χ2n) is 5.59. The Morgan fingerprint density at radius 2 is 2.06 bits per heavy atom. The second kappa shape index (κ2) is 5.99. The summed E-state index contributed by atoms with van der Waals surface area (Å²) in [5, 5.41) is 5.49. The molecular weight excluding hydrogens is 228 g/mol. The Morgan fingerprint density at radius 3 is 2.61 bits per heavy atom. The maximum atomic E-state index is 12.5. The third-order valence-corrected chi connectivity index (χ3v) is 4.12. The molecule has 2 saturated heterocycles. The van der Waals surface area contributed by atoms with Gasteiger partial charge >= 0.3 is 0 Å². The molecule has 0 aromatic heterocycles. The first kappa shape index (κ1) is 13.8. The van der Waals surface area contributed by atoms with Crippen molar-refractivity contribution in [1.82, 2.24) is 20.7 Å². The van der Waals surface area contributed by atoms with Gasteiger partial charge in [0.05, 0.1) is 5.54 Å². The molecule has 1 unspecified atom stereocenters. The average Bonchev–Trinajstić information content (AvgIpc) is 2.82. The summed E-state index contributed by atoms with van der Waals surface area (Å²) in [5.41, 5.74) is 2.80. The van der Waals surface area contributed by atoms with Gasteiger partial charge < -0.3 is 10.2 Å². The van der Waals surface area contributed by atoms with Gasteiger partial charge in [-0.25, -0.2) is 5.01 Å². The molecule has 104 valence electrons. The van der Waals surface area contributed by atoms with Crippen LogP contribution < -0.4 is 10.7 Å². The van der Waals surface area contributed by atoms with Gasteiger partial charge in [0.25, 0.3) is 5.91 Å². The Morgan fingerprint density at radius 1 is 1.33 bits per heavy atom. The van der Waals surface area contributed by atoms with Gasteiger partial charge in [-0.3, -0.25) is 10.2 Å². The number of carbonyl (C=O) groups is 1. The van der Waals surface area contributed by atoms with E-state index in [9.17, 15) is 4.79 Å². The van der Waals surface area contributed by atoms with Crippen molar-refractivity contribution in [2.45, 2.75) is 38.1 Å². The quantitative estimate of drug-likeness (QED) is 0.752. The van der Waals surface area contributed by atoms with Crippen LogP contribution in [0.25, 0.3) is 0 Å². The molecule has 2 aliphatic rings. The molecule has 2 fully saturated rings. The van der Waals surface area contributed by atoms with Gasteiger partial charge in [0, 0.05) is 26.2 Å². The van der Waals surface area contributed by atoms with E-state index in [0.717, 1.165) is 58.4 Å². The third-order valence-electron chi connectivity index (χ3n) is 4.12. The lowest BCUT2D eigenvalue weighted by molar-refractivity contribution is -0.133. The molecule has 0 spiro atoms. The lowest BCUT2D eigenvalue weighted by atomic mass is 9.91. The number of nitrogens with one attached hydrogen (secondary N) is 2. The molecule has 2 aliphatic heterocycles. The number of carbonyl (C=O) groups excluding carboxylic acids is 1. The summed E-state index contributed by atoms with van der Waals surface area (Å²) in [4.78, 5) is 14.8. The number of nitrogens with zero attached hydrogens (tertiary/aromatic N) is 2. The standard InChI is InChI=1S/C13H26N4O/c1-3-5-13(6-4-7-14-13)12(18)15-17-10-8-16(2)9-11-17/h14H,3-11H2,1-2H3,(H,15,18). The molecule has 0 aromatic rings. The zero-order chi connectivity index (χ0) is 13.0. The fourth-order valence-electron chi connectivity index (χ4n) is 2.92. The van der Waals surface area contributed by atoms with Crippen LogP contribution in [0.3, 0.4) is 0 Å². The van der Waals surface area contributed by atoms with Crippen LogP contribution in [-0.4, -0.2) is 61.1 Å². The van der Waals surface area contributed by atoms with Crippen LogP contribution >= 0.6 is 0 Å². The summed E-state index contributed by atoms with van der Waals surface area (Å²) in [6.45, 7) is 7.00. The summed E-state index contributed by atoms with van der Waals surface area (Å²) in [6, 6.07) is 0. The van der Waals surface area contributed by atoms with E-state index in [1.54, 1.807) is 0 Å². The molecule has 0 aliphatic carbocycles. The third kappa shape index (κ3) is 3.02. The number of hydrazine groups is 1. The van der Waals surface area contributed by atoms with Crippen LogP contribution in [0.4, 0.5) is 0 Å². The Labute approximate surface area is 110 Å². The predicted octanol–water partition coefficient (Wildman–Crippen LogP) is 0.187. The van der Waals surface area contributed by atoms with E-state index in [1.165, 1.54) is 0 Å². The van der Waals surface area contributed by atoms with E-state index in [-0.39, 0.29) is 11.4 Å². The smallest absolute Gasteiger partial charge is 0.254 e. The Hall–Kier alpha value is -0.650. The topological polar surface area (TPSA) is 47.6 Å². The minimum Gasteiger partial charge on any atom is -0.304 e. The van der Waals surface area contributed by atoms with Crippen molar-refractivity contribution < 1.29 is 4.79 Å². The molecule has 0 aromatic carbocycles. The maximum absolute atomic E-state index is 12.5. The van der Waals surface area contributed by atoms with Gasteiger partial charge in [-0.05, 0) is 32.9 Å². The van der Waals surface area contributed by atoms with Gasteiger partial charge in [-0.1, -0.05) is 13.3 Å². The molecular formula is C13H26N4O. The maximum Gasteiger partial charge on any atom is 0.254 e. The van der Waals surface area contributed by atoms with E-state index < -0.39 is 0 Å². The van der Waals surface area contributed by atoms with Crippen LogP contribution in [0.5, 0.6) is 0 Å². The van der Waals surface area contributed by atoms with Crippen molar-refractivity contribution in [2.24, 2.45) is 0 Å². The van der Waals surface area contributed by atoms with E-state index in [1.807, 2.05) is 0 Å². The molecule has 1 amide bonds. The summed E-state index contributed by atoms with van der Waals surface area (Å²) in [5.74, 6) is 0.173. The van der Waals surface area contributed by atoms with Crippen LogP contribution in [0.1, 0.15) is 32.6 Å². The van der Waals surface area contributed by atoms with Gasteiger partial charge in [0.2, 0.25) is 0 Å². The van der Waals surface area contributed by atoms with Crippen molar-refractivity contribution in [1.29, 1.82) is 0 Å². The van der Waals surface area contributed by atoms with E-state index >= 15 is 0 Å². The summed E-state index contributed by atoms with van der Waals surface area (Å²) >= 11 is 0. The Kier molecular flexibility index (Phi) is 4.59. The Balaban J connectivity index is 1.89. The van der Waals surface area contributed by atoms with Gasteiger partial charge in [0.1, 0.15) is 0 Å². The monoisotopic (exact) mass is 254 g/mol. The van der Waals surface area contributed by atoms with Gasteiger partial charge in [0.15, 0.2) is 0 Å². The summed E-state index contributed by atoms with van der Waals surface area (Å²) in [6.07, 6.45) is 4.06. The molecule has 2 heterocycles. The number of piperazine rings is 1. The van der Waals surface area contributed by atoms with Crippen LogP contribution in [0.2, 0.25) is 0 Å². The largest absolute Gasteiger partial charge is 0.304 e. The zero-order valence-corrected chi connectivity index (χ0v) is 11.7. The highest BCUT2D eigenvalue weighted by Crippen LogP contribution is 2.25. The van der Waals surface area contributed by atoms with Crippen LogP contribution in [0.15, 0.2) is 0 Å². The first-order valence-corrected chi connectivity index (χ1v) is 7.16. The molecule has 5 nitrogen and oxygen atoms in total. The molecule has 0 saturated carbocycles. The van der Waals surface area contributed by atoms with Crippen LogP contribution in [-0.2, 0) is 4.79 Å². The molecule has 18 heavy (non-hydrogen) atoms. The fraction of sp³-hybridized carbons (Fsp3) is 0.923. The fourth-order valence-corrected chi connectivity index (χ4v) is 2.92. The second-order valence-corrected chi connectivity index (χ2v) is 5.59. The number of hydrogen-bond donors (Lipinski definition) is 2. The van der Waals surface area contributed by atoms with Crippen molar-refractivity contribution in [3.05, 3.63) is 0 Å². The molecule has 0 bridgehead atoms. The van der Waals surface area contributed by atoms with Crippen LogP contribution in [0, 0.1) is 0 Å². The SMILES string of the molecule is CCCC1(C(=O)NN2CCN(C)CC2)CCCN1. The number of hydrogen-bond acceptors (Lipinski definition) is 4. The molecule has 1 atom stereocenters. The Bertz CT molecular complexity index is 281.